The lowest BCUT2D eigenvalue weighted by Crippen LogP contribution is -2.33. The first kappa shape index (κ1) is 73.4. The normalized spacial score (nSPS) is 14.6. The largest absolute Gasteiger partial charge is 0.456 e. The Kier molecular flexibility index (Phi) is 19.9. The van der Waals surface area contributed by atoms with Gasteiger partial charge in [0.2, 0.25) is 0 Å². The van der Waals surface area contributed by atoms with Crippen molar-refractivity contribution >= 4 is 60.9 Å². The Morgan fingerprint density at radius 3 is 1.24 bits per heavy atom. The number of anilines is 3. The lowest BCUT2D eigenvalue weighted by Gasteiger charge is -2.40. The minimum absolute atomic E-state index is 0.185. The van der Waals surface area contributed by atoms with Crippen molar-refractivity contribution in [3.05, 3.63) is 351 Å². The molecule has 0 atom stereocenters. The topological polar surface area (TPSA) is 29.5 Å². The third kappa shape index (κ3) is 11.6. The van der Waals surface area contributed by atoms with Gasteiger partial charge < -0.3 is 13.7 Å². The summed E-state index contributed by atoms with van der Waals surface area (Å²) in [5.41, 5.74) is 33.8. The molecule has 0 fully saturated rings. The molecule has 0 bridgehead atoms. The van der Waals surface area contributed by atoms with Crippen molar-refractivity contribution in [2.24, 2.45) is 0 Å². The molecule has 0 amide bonds. The van der Waals surface area contributed by atoms with Crippen LogP contribution in [0.3, 0.4) is 0 Å². The second-order valence-corrected chi connectivity index (χ2v) is 34.1. The van der Waals surface area contributed by atoms with Crippen LogP contribution in [0.15, 0.2) is 288 Å². The first-order valence-electron chi connectivity index (χ1n) is 44.0. The Morgan fingerprint density at radius 1 is 0.272 bits per heavy atom. The van der Waals surface area contributed by atoms with Crippen molar-refractivity contribution in [1.29, 1.82) is 0 Å². The van der Waals surface area contributed by atoms with E-state index in [4.69, 9.17) is 8.83 Å². The summed E-state index contributed by atoms with van der Waals surface area (Å²) in [6.45, 7) is 11.8. The van der Waals surface area contributed by atoms with Crippen LogP contribution >= 0.6 is 0 Å². The number of rotatable bonds is 31. The lowest BCUT2D eigenvalue weighted by atomic mass is 9.62. The standard InChI is InChI=1S/C111H109NO2/c1-6-10-14-18-42-68-108(69-43-19-15-11-7-2)90-58-38-35-55-84(90)104-106(108)105-102(103-87-57-37-41-61-98(87)114-107(103)104)85-65-63-81(72-92(85)109(105,70-44-20-16-12-8-3)71-45-21-17-13-9-4)112(96-59-39-34-46-76(96)5)82-62-64-83-88-74-95-89(75-94(88)111(93(83)73-82,79-51-30-24-31-52-79)80-53-32-25-33-54-80)100-91(66-67-99-101(100)86-56-36-40-60-97(86)113-99)110(95,77-47-26-22-27-48-77)78-49-28-23-29-50-78/h22-41,46-67,72-75H,6-21,42-45,68-71H2,1-5H3. The van der Waals surface area contributed by atoms with E-state index in [2.05, 4.69) is 319 Å². The third-order valence-corrected chi connectivity index (χ3v) is 27.7. The van der Waals surface area contributed by atoms with Gasteiger partial charge in [-0.25, -0.2) is 0 Å². The van der Waals surface area contributed by atoms with Crippen LogP contribution in [0, 0.1) is 6.92 Å². The smallest absolute Gasteiger partial charge is 0.144 e. The van der Waals surface area contributed by atoms with Crippen LogP contribution in [0.5, 0.6) is 0 Å². The number of para-hydroxylation sites is 3. The number of aryl methyl sites for hydroxylation is 1. The maximum Gasteiger partial charge on any atom is 0.144 e. The molecular formula is C111H109NO2. The fourth-order valence-electron chi connectivity index (χ4n) is 22.7. The molecule has 0 radical (unpaired) electrons. The molecule has 13 aromatic carbocycles. The van der Waals surface area contributed by atoms with E-state index in [0.717, 1.165) is 64.5 Å². The molecule has 2 heterocycles. The first-order valence-corrected chi connectivity index (χ1v) is 44.0. The molecule has 0 aliphatic heterocycles. The maximum atomic E-state index is 7.66. The van der Waals surface area contributed by atoms with E-state index >= 15 is 0 Å². The van der Waals surface area contributed by atoms with Crippen molar-refractivity contribution < 1.29 is 8.83 Å². The number of furan rings is 2. The summed E-state index contributed by atoms with van der Waals surface area (Å²) in [7, 11) is 0. The molecule has 3 nitrogen and oxygen atoms in total. The van der Waals surface area contributed by atoms with E-state index in [1.807, 2.05) is 0 Å². The first-order chi connectivity index (χ1) is 56.3. The zero-order valence-electron chi connectivity index (χ0n) is 67.8. The van der Waals surface area contributed by atoms with Gasteiger partial charge >= 0.3 is 0 Å². The van der Waals surface area contributed by atoms with Crippen LogP contribution in [-0.2, 0) is 21.7 Å². The Bertz CT molecular complexity index is 5920. The van der Waals surface area contributed by atoms with Gasteiger partial charge in [0.25, 0.3) is 0 Å². The second-order valence-electron chi connectivity index (χ2n) is 34.1. The minimum Gasteiger partial charge on any atom is -0.456 e. The van der Waals surface area contributed by atoms with Crippen LogP contribution in [0.4, 0.5) is 17.1 Å². The Morgan fingerprint density at radius 2 is 0.684 bits per heavy atom. The molecule has 3 heteroatoms. The predicted octanol–water partition coefficient (Wildman–Crippen LogP) is 32.0. The summed E-state index contributed by atoms with van der Waals surface area (Å²) in [5.74, 6) is 0. The molecule has 0 saturated carbocycles. The molecule has 2 aromatic heterocycles. The highest BCUT2D eigenvalue weighted by atomic mass is 16.3. The van der Waals surface area contributed by atoms with Gasteiger partial charge in [0, 0.05) is 55.0 Å². The zero-order valence-corrected chi connectivity index (χ0v) is 67.8. The van der Waals surface area contributed by atoms with Crippen molar-refractivity contribution in [3.8, 4) is 44.5 Å². The molecule has 0 spiro atoms. The lowest BCUT2D eigenvalue weighted by molar-refractivity contribution is 0.369. The fraction of sp³-hybridized carbons (Fsp3) is 0.297. The SMILES string of the molecule is CCCCCCCC1(CCCCCCC)c2ccccc2-c2c1c1c(c3c2oc2ccccc23)-c2ccc(N(c3ccc4c(c3)C(c3ccccc3)(c3ccccc3)c3cc5c(cc3-4)C(c3ccccc3)(c3ccccc3)c3ccc4oc6ccccc6c4c3-5)c3ccccc3C)cc2C1(CCCCCCC)CCCCCCC. The second kappa shape index (κ2) is 30.9. The van der Waals surface area contributed by atoms with Crippen LogP contribution in [0.25, 0.3) is 88.4 Å². The summed E-state index contributed by atoms with van der Waals surface area (Å²) in [5, 5.41) is 4.85. The minimum atomic E-state index is -0.771. The number of hydrogen-bond acceptors (Lipinski definition) is 3. The summed E-state index contributed by atoms with van der Waals surface area (Å²) >= 11 is 0. The number of nitrogens with zero attached hydrogens (tertiary/aromatic N) is 1. The van der Waals surface area contributed by atoms with Gasteiger partial charge in [0.1, 0.15) is 22.3 Å². The van der Waals surface area contributed by atoms with Gasteiger partial charge in [0.15, 0.2) is 0 Å². The van der Waals surface area contributed by atoms with E-state index in [1.54, 1.807) is 16.7 Å². The average Bonchev–Trinajstić information content (AvgIpc) is 1.50. The highest BCUT2D eigenvalue weighted by Gasteiger charge is 2.56. The highest BCUT2D eigenvalue weighted by molar-refractivity contribution is 6.21. The van der Waals surface area contributed by atoms with Crippen molar-refractivity contribution in [2.45, 2.75) is 210 Å². The summed E-state index contributed by atoms with van der Waals surface area (Å²) in [6, 6.07) is 108. The fourth-order valence-corrected chi connectivity index (χ4v) is 22.7. The van der Waals surface area contributed by atoms with Gasteiger partial charge in [-0.15, -0.1) is 0 Å². The van der Waals surface area contributed by atoms with Crippen LogP contribution < -0.4 is 4.90 Å². The molecule has 4 aliphatic rings. The van der Waals surface area contributed by atoms with Gasteiger partial charge in [-0.1, -0.05) is 375 Å². The molecule has 19 rings (SSSR count). The van der Waals surface area contributed by atoms with Gasteiger partial charge in [0.05, 0.1) is 10.8 Å². The van der Waals surface area contributed by atoms with E-state index < -0.39 is 10.8 Å². The summed E-state index contributed by atoms with van der Waals surface area (Å²) < 4.78 is 14.6. The molecule has 15 aromatic rings. The molecule has 0 N–H and O–H groups in total. The number of fused-ring (bicyclic) bond motifs is 22. The molecule has 114 heavy (non-hydrogen) atoms. The molecular weight excluding hydrogens is 1380 g/mol. The molecule has 4 aliphatic carbocycles. The van der Waals surface area contributed by atoms with E-state index in [9.17, 15) is 0 Å². The third-order valence-electron chi connectivity index (χ3n) is 27.7. The Hall–Kier alpha value is -10.7. The highest BCUT2D eigenvalue weighted by Crippen LogP contribution is 2.69. The van der Waals surface area contributed by atoms with E-state index in [-0.39, 0.29) is 10.8 Å². The average molecular weight is 1490 g/mol. The molecule has 0 unspecified atom stereocenters. The number of benzene rings is 13. The van der Waals surface area contributed by atoms with Gasteiger partial charge in [-0.3, -0.25) is 0 Å². The van der Waals surface area contributed by atoms with Crippen LogP contribution in [0.1, 0.15) is 254 Å². The zero-order chi connectivity index (χ0) is 77.0. The van der Waals surface area contributed by atoms with Crippen molar-refractivity contribution in [1.82, 2.24) is 0 Å². The van der Waals surface area contributed by atoms with Crippen LogP contribution in [-0.4, -0.2) is 0 Å². The van der Waals surface area contributed by atoms with Crippen molar-refractivity contribution in [3.63, 3.8) is 0 Å². The summed E-state index contributed by atoms with van der Waals surface area (Å²) in [4.78, 5) is 2.68. The quantitative estimate of drug-likeness (QED) is 0.0406. The Balaban J connectivity index is 0.883. The molecule has 0 saturated heterocycles. The number of unbranched alkanes of at least 4 members (excludes halogenated alkanes) is 16. The van der Waals surface area contributed by atoms with Gasteiger partial charge in [-0.2, -0.15) is 0 Å². The van der Waals surface area contributed by atoms with E-state index in [0.29, 0.717) is 0 Å². The number of hydrogen-bond donors (Lipinski definition) is 0. The van der Waals surface area contributed by atoms with E-state index in [1.165, 1.54) is 251 Å². The maximum absolute atomic E-state index is 7.66. The van der Waals surface area contributed by atoms with Crippen molar-refractivity contribution in [2.75, 3.05) is 4.90 Å². The summed E-state index contributed by atoms with van der Waals surface area (Å²) in [6.07, 6.45) is 29.4. The Labute approximate surface area is 676 Å². The monoisotopic (exact) mass is 1490 g/mol. The predicted molar refractivity (Wildman–Crippen MR) is 481 cm³/mol. The molecule has 570 valence electrons. The van der Waals surface area contributed by atoms with Gasteiger partial charge in [-0.05, 0) is 205 Å². The van der Waals surface area contributed by atoms with Crippen LogP contribution in [0.2, 0.25) is 0 Å².